The molecule has 0 spiro atoms. The van der Waals surface area contributed by atoms with Crippen molar-refractivity contribution in [3.8, 4) is 11.5 Å². The number of anilines is 2. The van der Waals surface area contributed by atoms with Crippen molar-refractivity contribution in [2.75, 3.05) is 63.3 Å². The molecule has 0 saturated carbocycles. The van der Waals surface area contributed by atoms with E-state index in [4.69, 9.17) is 9.47 Å². The van der Waals surface area contributed by atoms with Crippen molar-refractivity contribution in [2.45, 2.75) is 38.8 Å². The average Bonchev–Trinajstić information content (AvgIpc) is 3.95. The second kappa shape index (κ2) is 19.9. The van der Waals surface area contributed by atoms with Crippen LogP contribution < -0.4 is 19.3 Å². The number of carbonyl (C=O) groups is 2. The van der Waals surface area contributed by atoms with E-state index in [1.165, 1.54) is 47.3 Å². The highest BCUT2D eigenvalue weighted by Crippen LogP contribution is 2.29. The summed E-state index contributed by atoms with van der Waals surface area (Å²) in [5.41, 5.74) is 3.17. The van der Waals surface area contributed by atoms with E-state index in [9.17, 15) is 18.4 Å². The van der Waals surface area contributed by atoms with Crippen molar-refractivity contribution >= 4 is 61.1 Å². The van der Waals surface area contributed by atoms with Crippen LogP contribution in [0.3, 0.4) is 0 Å². The molecule has 0 bridgehead atoms. The van der Waals surface area contributed by atoms with E-state index in [1.807, 2.05) is 41.0 Å². The number of nitrogens with zero attached hydrogens (tertiary/aromatic N) is 8. The number of methoxy groups -OCH3 is 2. The normalized spacial score (nSPS) is 16.5. The molecule has 2 aromatic heterocycles. The van der Waals surface area contributed by atoms with Gasteiger partial charge in [-0.3, -0.25) is 9.59 Å². The summed E-state index contributed by atoms with van der Waals surface area (Å²) in [5, 5.41) is 1.70. The number of carbonyl (C=O) groups excluding carboxylic acids is 2. The van der Waals surface area contributed by atoms with Gasteiger partial charge in [0.15, 0.2) is 0 Å². The second-order valence-corrected chi connectivity index (χ2v) is 17.1. The van der Waals surface area contributed by atoms with Gasteiger partial charge in [-0.05, 0) is 85.6 Å². The van der Waals surface area contributed by atoms with Crippen molar-refractivity contribution < 1.29 is 27.8 Å². The minimum absolute atomic E-state index is 0.00694. The van der Waals surface area contributed by atoms with Gasteiger partial charge in [0.25, 0.3) is 11.8 Å². The molecule has 0 aliphatic carbocycles. The number of ether oxygens (including phenoxy) is 2. The Morgan fingerprint density at radius 2 is 1.16 bits per heavy atom. The van der Waals surface area contributed by atoms with Gasteiger partial charge in [0, 0.05) is 103 Å². The summed E-state index contributed by atoms with van der Waals surface area (Å²) in [5.74, 6) is 2.08. The zero-order valence-electron chi connectivity index (χ0n) is 34.1. The van der Waals surface area contributed by atoms with E-state index in [-0.39, 0.29) is 35.5 Å². The molecule has 2 amide bonds. The fourth-order valence-corrected chi connectivity index (χ4v) is 8.92. The topological polar surface area (TPSA) is 117 Å². The summed E-state index contributed by atoms with van der Waals surface area (Å²) in [6.45, 7) is 8.06. The second-order valence-electron chi connectivity index (χ2n) is 14.8. The van der Waals surface area contributed by atoms with Crippen LogP contribution in [0.4, 0.5) is 19.0 Å². The number of benzene rings is 4. The molecule has 0 radical (unpaired) electrons. The third-order valence-corrected chi connectivity index (χ3v) is 12.7. The lowest BCUT2D eigenvalue weighted by Gasteiger charge is -2.39. The van der Waals surface area contributed by atoms with Crippen LogP contribution in [-0.4, -0.2) is 106 Å². The van der Waals surface area contributed by atoms with E-state index in [1.54, 1.807) is 56.7 Å². The minimum Gasteiger partial charge on any atom is -0.497 e. The molecule has 61 heavy (non-hydrogen) atoms. The van der Waals surface area contributed by atoms with Gasteiger partial charge in [0.2, 0.25) is 10.3 Å². The van der Waals surface area contributed by atoms with Gasteiger partial charge in [0.1, 0.15) is 34.8 Å². The smallest absolute Gasteiger partial charge is 0.257 e. The van der Waals surface area contributed by atoms with E-state index in [2.05, 4.69) is 51.4 Å². The molecule has 2 atom stereocenters. The molecule has 2 saturated heterocycles. The Hall–Kier alpha value is -5.52. The molecule has 2 aliphatic heterocycles. The molecule has 8 rings (SSSR count). The number of aromatic nitrogens is 4. The third kappa shape index (κ3) is 10.9. The molecular weight excluding hydrogens is 887 g/mol. The molecule has 0 N–H and O–H groups in total. The number of halogens is 3. The first-order valence-corrected chi connectivity index (χ1v) is 22.1. The van der Waals surface area contributed by atoms with Crippen molar-refractivity contribution in [1.82, 2.24) is 28.5 Å². The van der Waals surface area contributed by atoms with Crippen LogP contribution >= 0.6 is 39.0 Å². The highest BCUT2D eigenvalue weighted by molar-refractivity contribution is 9.10. The predicted molar refractivity (Wildman–Crippen MR) is 237 cm³/mol. The lowest BCUT2D eigenvalue weighted by atomic mass is 10.1. The largest absolute Gasteiger partial charge is 0.497 e. The Kier molecular flexibility index (Phi) is 14.2. The lowest BCUT2D eigenvalue weighted by Crippen LogP contribution is -2.54. The maximum absolute atomic E-state index is 13.2. The van der Waals surface area contributed by atoms with Crippen molar-refractivity contribution in [3.05, 3.63) is 141 Å². The molecule has 318 valence electrons. The molecule has 4 aromatic carbocycles. The molecule has 17 heteroatoms. The van der Waals surface area contributed by atoms with Crippen LogP contribution in [0.2, 0.25) is 0 Å². The zero-order chi connectivity index (χ0) is 43.0. The van der Waals surface area contributed by atoms with Crippen LogP contribution in [-0.2, 0) is 12.8 Å². The van der Waals surface area contributed by atoms with Gasteiger partial charge in [0.05, 0.1) is 19.8 Å². The fourth-order valence-electron chi connectivity index (χ4n) is 7.21. The first-order chi connectivity index (χ1) is 29.5. The number of rotatable bonds is 10. The van der Waals surface area contributed by atoms with Gasteiger partial charge < -0.3 is 29.1 Å². The third-order valence-electron chi connectivity index (χ3n) is 10.5. The Balaban J connectivity index is 0.000000185. The van der Waals surface area contributed by atoms with Crippen molar-refractivity contribution in [2.24, 2.45) is 0 Å². The van der Waals surface area contributed by atoms with Crippen LogP contribution in [0.1, 0.15) is 57.3 Å². The van der Waals surface area contributed by atoms with Crippen LogP contribution in [0.15, 0.2) is 95.5 Å². The van der Waals surface area contributed by atoms with E-state index < -0.39 is 0 Å². The first kappa shape index (κ1) is 43.6. The molecule has 2 aliphatic rings. The highest BCUT2D eigenvalue weighted by atomic mass is 79.9. The molecule has 6 aromatic rings. The van der Waals surface area contributed by atoms with E-state index >= 15 is 0 Å². The van der Waals surface area contributed by atoms with Crippen molar-refractivity contribution in [3.63, 3.8) is 0 Å². The van der Waals surface area contributed by atoms with Gasteiger partial charge in [-0.1, -0.05) is 40.2 Å². The SMILES string of the molecule is CC1CN(c2nc(Cc3ccc(F)cc3)ns2)CCN1C(=O)c1ccc(Br)cc1.COc1ccc(C(=O)N2CCN(c3nc(Cc4ccc(F)cc4)ns3)CC2C)c(OC)c1. The molecular formula is C44H45BrF2N8O4S2. The van der Waals surface area contributed by atoms with Crippen LogP contribution in [0.25, 0.3) is 0 Å². The summed E-state index contributed by atoms with van der Waals surface area (Å²) in [6.07, 6.45) is 1.14. The molecule has 2 unspecified atom stereocenters. The molecule has 4 heterocycles. The van der Waals surface area contributed by atoms with E-state index in [0.29, 0.717) is 74.0 Å². The lowest BCUT2D eigenvalue weighted by molar-refractivity contribution is 0.0664. The monoisotopic (exact) mass is 930 g/mol. The van der Waals surface area contributed by atoms with Gasteiger partial charge in [-0.15, -0.1) is 0 Å². The summed E-state index contributed by atoms with van der Waals surface area (Å²) in [6, 6.07) is 25.5. The summed E-state index contributed by atoms with van der Waals surface area (Å²) >= 11 is 6.12. The Morgan fingerprint density at radius 3 is 1.62 bits per heavy atom. The van der Waals surface area contributed by atoms with Crippen LogP contribution in [0.5, 0.6) is 11.5 Å². The fraction of sp³-hybridized carbons (Fsp3) is 0.318. The summed E-state index contributed by atoms with van der Waals surface area (Å²) in [4.78, 5) is 43.5. The summed E-state index contributed by atoms with van der Waals surface area (Å²) < 4.78 is 46.7. The Labute approximate surface area is 370 Å². The number of piperazine rings is 2. The van der Waals surface area contributed by atoms with Gasteiger partial charge >= 0.3 is 0 Å². The first-order valence-electron chi connectivity index (χ1n) is 19.7. The highest BCUT2D eigenvalue weighted by Gasteiger charge is 2.32. The summed E-state index contributed by atoms with van der Waals surface area (Å²) in [7, 11) is 3.13. The quantitative estimate of drug-likeness (QED) is 0.134. The molecule has 2 fully saturated rings. The van der Waals surface area contributed by atoms with Gasteiger partial charge in [-0.25, -0.2) is 18.7 Å². The molecule has 12 nitrogen and oxygen atoms in total. The Morgan fingerprint density at radius 1 is 0.672 bits per heavy atom. The minimum atomic E-state index is -0.255. The maximum atomic E-state index is 13.2. The standard InChI is InChI=1S/C23H25FN4O3S.C21H20BrFN4OS/c1-15-14-27(23-25-21(26-32-23)12-16-4-6-17(24)7-5-16)10-11-28(15)22(29)19-9-8-18(30-2)13-20(19)31-3;1-14-13-26(10-11-27(14)20(28)16-4-6-17(22)7-5-16)21-24-19(25-29-21)12-15-2-8-18(23)9-3-15/h4-9,13,15H,10-12,14H2,1-3H3;2-9,14H,10-13H2,1H3. The number of amides is 2. The number of hydrogen-bond donors (Lipinski definition) is 0. The van der Waals surface area contributed by atoms with Gasteiger partial charge in [-0.2, -0.15) is 8.75 Å². The average molecular weight is 932 g/mol. The predicted octanol–water partition coefficient (Wildman–Crippen LogP) is 8.02. The Bertz CT molecular complexity index is 2420. The van der Waals surface area contributed by atoms with Crippen LogP contribution in [0, 0.1) is 11.6 Å². The van der Waals surface area contributed by atoms with Crippen molar-refractivity contribution in [1.29, 1.82) is 0 Å². The maximum Gasteiger partial charge on any atom is 0.257 e. The van der Waals surface area contributed by atoms with E-state index in [0.717, 1.165) is 38.2 Å². The number of hydrogen-bond acceptors (Lipinski definition) is 12. The zero-order valence-corrected chi connectivity index (χ0v) is 37.4.